The van der Waals surface area contributed by atoms with Crippen molar-refractivity contribution in [3.63, 3.8) is 0 Å². The number of anilines is 1. The van der Waals surface area contributed by atoms with Crippen molar-refractivity contribution in [3.05, 3.63) is 81.7 Å². The van der Waals surface area contributed by atoms with E-state index in [1.54, 1.807) is 0 Å². The SMILES string of the molecule is CCOC(=O)c1c(NC(=O)c2cc(-c3ccc(C)cc3)nc3ccccc23)sc2c1CCCCCC2. The van der Waals surface area contributed by atoms with Gasteiger partial charge >= 0.3 is 5.97 Å². The minimum atomic E-state index is -0.356. The van der Waals surface area contributed by atoms with Crippen LogP contribution in [0.2, 0.25) is 0 Å². The van der Waals surface area contributed by atoms with Crippen LogP contribution < -0.4 is 5.32 Å². The third kappa shape index (κ3) is 4.91. The molecular weight excluding hydrogens is 468 g/mol. The number of fused-ring (bicyclic) bond motifs is 2. The Labute approximate surface area is 215 Å². The van der Waals surface area contributed by atoms with E-state index in [1.165, 1.54) is 22.6 Å². The Balaban J connectivity index is 1.57. The van der Waals surface area contributed by atoms with E-state index >= 15 is 0 Å². The molecule has 0 saturated carbocycles. The van der Waals surface area contributed by atoms with Gasteiger partial charge in [-0.2, -0.15) is 0 Å². The van der Waals surface area contributed by atoms with E-state index in [2.05, 4.69) is 5.32 Å². The fourth-order valence-electron chi connectivity index (χ4n) is 4.83. The number of carbonyl (C=O) groups excluding carboxylic acids is 2. The molecular formula is C30H30N2O3S. The van der Waals surface area contributed by atoms with Crippen molar-refractivity contribution in [1.29, 1.82) is 0 Å². The first-order valence-corrected chi connectivity index (χ1v) is 13.5. The highest BCUT2D eigenvalue weighted by Gasteiger charge is 2.27. The van der Waals surface area contributed by atoms with Gasteiger partial charge in [-0.3, -0.25) is 4.79 Å². The highest BCUT2D eigenvalue weighted by atomic mass is 32.1. The Morgan fingerprint density at radius 2 is 1.75 bits per heavy atom. The van der Waals surface area contributed by atoms with Crippen molar-refractivity contribution >= 4 is 39.1 Å². The van der Waals surface area contributed by atoms with Crippen LogP contribution in [0.3, 0.4) is 0 Å². The number of esters is 1. The lowest BCUT2D eigenvalue weighted by molar-refractivity contribution is 0.0526. The zero-order valence-corrected chi connectivity index (χ0v) is 21.5. The van der Waals surface area contributed by atoms with E-state index in [0.29, 0.717) is 22.7 Å². The number of rotatable bonds is 5. The fraction of sp³-hybridized carbons (Fsp3) is 0.300. The summed E-state index contributed by atoms with van der Waals surface area (Å²) < 4.78 is 5.42. The maximum absolute atomic E-state index is 13.8. The first-order chi connectivity index (χ1) is 17.5. The van der Waals surface area contributed by atoms with Crippen LogP contribution in [0.25, 0.3) is 22.2 Å². The Morgan fingerprint density at radius 3 is 2.53 bits per heavy atom. The van der Waals surface area contributed by atoms with E-state index in [-0.39, 0.29) is 11.9 Å². The summed E-state index contributed by atoms with van der Waals surface area (Å²) in [4.78, 5) is 32.8. The normalized spacial score (nSPS) is 13.5. The zero-order valence-electron chi connectivity index (χ0n) is 20.7. The molecule has 2 aromatic carbocycles. The van der Waals surface area contributed by atoms with Crippen LogP contribution in [0.15, 0.2) is 54.6 Å². The quantitative estimate of drug-likeness (QED) is 0.292. The number of nitrogens with one attached hydrogen (secondary N) is 1. The minimum absolute atomic E-state index is 0.248. The number of amides is 1. The number of aromatic nitrogens is 1. The third-order valence-corrected chi connectivity index (χ3v) is 7.89. The Morgan fingerprint density at radius 1 is 1.00 bits per heavy atom. The molecule has 2 heterocycles. The molecule has 1 aliphatic carbocycles. The molecule has 5 rings (SSSR count). The van der Waals surface area contributed by atoms with Gasteiger partial charge in [-0.25, -0.2) is 9.78 Å². The van der Waals surface area contributed by atoms with Gasteiger partial charge in [0.15, 0.2) is 0 Å². The third-order valence-electron chi connectivity index (χ3n) is 6.69. The van der Waals surface area contributed by atoms with Gasteiger partial charge in [-0.1, -0.05) is 60.9 Å². The molecule has 1 amide bonds. The lowest BCUT2D eigenvalue weighted by atomic mass is 9.96. The van der Waals surface area contributed by atoms with Crippen molar-refractivity contribution in [1.82, 2.24) is 4.98 Å². The summed E-state index contributed by atoms with van der Waals surface area (Å²) in [5.41, 5.74) is 5.72. The molecule has 1 N–H and O–H groups in total. The second kappa shape index (κ2) is 10.6. The number of nitrogens with zero attached hydrogens (tertiary/aromatic N) is 1. The van der Waals surface area contributed by atoms with Gasteiger partial charge in [0.25, 0.3) is 5.91 Å². The molecule has 0 aliphatic heterocycles. The predicted molar refractivity (Wildman–Crippen MR) is 146 cm³/mol. The van der Waals surface area contributed by atoms with E-state index in [0.717, 1.165) is 65.4 Å². The van der Waals surface area contributed by atoms with Crippen molar-refractivity contribution in [2.45, 2.75) is 52.4 Å². The lowest BCUT2D eigenvalue weighted by Crippen LogP contribution is -2.16. The molecule has 184 valence electrons. The summed E-state index contributed by atoms with van der Waals surface area (Å²) in [6.45, 7) is 4.15. The van der Waals surface area contributed by atoms with E-state index in [9.17, 15) is 9.59 Å². The van der Waals surface area contributed by atoms with Crippen LogP contribution in [0, 0.1) is 6.92 Å². The Bertz CT molecular complexity index is 1420. The van der Waals surface area contributed by atoms with Gasteiger partial charge in [0.2, 0.25) is 0 Å². The van der Waals surface area contributed by atoms with Crippen LogP contribution in [-0.2, 0) is 17.6 Å². The van der Waals surface area contributed by atoms with Crippen molar-refractivity contribution < 1.29 is 14.3 Å². The van der Waals surface area contributed by atoms with Gasteiger partial charge < -0.3 is 10.1 Å². The number of ether oxygens (including phenoxy) is 1. The van der Waals surface area contributed by atoms with Crippen LogP contribution in [0.1, 0.15) is 69.3 Å². The fourth-order valence-corrected chi connectivity index (χ4v) is 6.11. The van der Waals surface area contributed by atoms with Gasteiger partial charge in [0.1, 0.15) is 5.00 Å². The zero-order chi connectivity index (χ0) is 25.1. The second-order valence-electron chi connectivity index (χ2n) is 9.23. The minimum Gasteiger partial charge on any atom is -0.462 e. The number of benzene rings is 2. The summed E-state index contributed by atoms with van der Waals surface area (Å²) in [7, 11) is 0. The molecule has 4 aromatic rings. The van der Waals surface area contributed by atoms with Gasteiger partial charge in [-0.15, -0.1) is 11.3 Å². The van der Waals surface area contributed by atoms with Gasteiger partial charge in [0, 0.05) is 15.8 Å². The molecule has 0 radical (unpaired) electrons. The average Bonchev–Trinajstić information content (AvgIpc) is 3.19. The van der Waals surface area contributed by atoms with Crippen LogP contribution >= 0.6 is 11.3 Å². The first-order valence-electron chi connectivity index (χ1n) is 12.6. The molecule has 0 unspecified atom stereocenters. The number of thiophene rings is 1. The summed E-state index contributed by atoms with van der Waals surface area (Å²) in [5.74, 6) is -0.604. The Kier molecular flexibility index (Phi) is 7.14. The molecule has 0 bridgehead atoms. The van der Waals surface area contributed by atoms with Crippen molar-refractivity contribution in [3.8, 4) is 11.3 Å². The molecule has 6 heteroatoms. The Hall–Kier alpha value is -3.51. The van der Waals surface area contributed by atoms with Crippen molar-refractivity contribution in [2.24, 2.45) is 0 Å². The molecule has 0 spiro atoms. The number of pyridine rings is 1. The molecule has 0 fully saturated rings. The maximum Gasteiger partial charge on any atom is 0.341 e. The van der Waals surface area contributed by atoms with E-state index in [4.69, 9.17) is 9.72 Å². The van der Waals surface area contributed by atoms with Gasteiger partial charge in [-0.05, 0) is 57.2 Å². The largest absolute Gasteiger partial charge is 0.462 e. The lowest BCUT2D eigenvalue weighted by Gasteiger charge is -2.12. The topological polar surface area (TPSA) is 68.3 Å². The standard InChI is InChI=1S/C30H30N2O3S/c1-3-35-30(34)27-22-11-6-4-5-7-13-26(22)36-29(27)32-28(33)23-18-25(20-16-14-19(2)15-17-20)31-24-12-9-8-10-21(23)24/h8-10,12,14-18H,3-7,11,13H2,1-2H3,(H,32,33). The number of hydrogen-bond acceptors (Lipinski definition) is 5. The van der Waals surface area contributed by atoms with Crippen LogP contribution in [-0.4, -0.2) is 23.5 Å². The number of carbonyl (C=O) groups is 2. The molecule has 1 aliphatic rings. The summed E-state index contributed by atoms with van der Waals surface area (Å²) in [6.07, 6.45) is 6.25. The maximum atomic E-state index is 13.8. The highest BCUT2D eigenvalue weighted by molar-refractivity contribution is 7.17. The van der Waals surface area contributed by atoms with Crippen molar-refractivity contribution in [2.75, 3.05) is 11.9 Å². The summed E-state index contributed by atoms with van der Waals surface area (Å²) >= 11 is 1.52. The molecule has 0 saturated heterocycles. The van der Waals surface area contributed by atoms with Gasteiger partial charge in [0.05, 0.1) is 28.9 Å². The highest BCUT2D eigenvalue weighted by Crippen LogP contribution is 2.38. The molecule has 2 aromatic heterocycles. The second-order valence-corrected chi connectivity index (χ2v) is 10.3. The number of para-hydroxylation sites is 1. The monoisotopic (exact) mass is 498 g/mol. The van der Waals surface area contributed by atoms with Crippen LogP contribution in [0.5, 0.6) is 0 Å². The number of hydrogen-bond donors (Lipinski definition) is 1. The molecule has 5 nitrogen and oxygen atoms in total. The average molecular weight is 499 g/mol. The van der Waals surface area contributed by atoms with Crippen LogP contribution in [0.4, 0.5) is 5.00 Å². The van der Waals surface area contributed by atoms with E-state index < -0.39 is 0 Å². The molecule has 0 atom stereocenters. The van der Waals surface area contributed by atoms with E-state index in [1.807, 2.05) is 68.4 Å². The summed E-state index contributed by atoms with van der Waals surface area (Å²) in [6, 6.07) is 17.6. The first kappa shape index (κ1) is 24.2. The smallest absolute Gasteiger partial charge is 0.341 e. The predicted octanol–water partition coefficient (Wildman–Crippen LogP) is 7.36. The molecule has 36 heavy (non-hydrogen) atoms. The summed E-state index contributed by atoms with van der Waals surface area (Å²) in [5, 5.41) is 4.46. The number of aryl methyl sites for hydroxylation is 2.